The van der Waals surface area contributed by atoms with Gasteiger partial charge in [-0.2, -0.15) is 0 Å². The van der Waals surface area contributed by atoms with Crippen LogP contribution in [-0.2, 0) is 11.2 Å². The van der Waals surface area contributed by atoms with Crippen molar-refractivity contribution in [3.8, 4) is 0 Å². The molecule has 3 aliphatic rings. The number of fused-ring (bicyclic) bond motifs is 2. The number of hydrogen-bond donors (Lipinski definition) is 2. The van der Waals surface area contributed by atoms with Crippen LogP contribution >= 0.6 is 0 Å². The molecule has 6 heteroatoms. The van der Waals surface area contributed by atoms with E-state index < -0.39 is 0 Å². The molecule has 5 rings (SSSR count). The Labute approximate surface area is 183 Å². The fourth-order valence-corrected chi connectivity index (χ4v) is 5.18. The molecule has 1 fully saturated rings. The number of aromatic amines is 1. The van der Waals surface area contributed by atoms with Crippen molar-refractivity contribution in [2.24, 2.45) is 0 Å². The molecule has 1 saturated heterocycles. The molecule has 1 aromatic carbocycles. The van der Waals surface area contributed by atoms with Crippen LogP contribution < -0.4 is 5.32 Å². The first kappa shape index (κ1) is 20.1. The summed E-state index contributed by atoms with van der Waals surface area (Å²) in [6.07, 6.45) is 6.60. The number of H-pyrrole nitrogens is 1. The number of nitrogens with one attached hydrogen (secondary N) is 2. The van der Waals surface area contributed by atoms with E-state index >= 15 is 0 Å². The van der Waals surface area contributed by atoms with Crippen LogP contribution in [0.4, 0.5) is 5.69 Å². The van der Waals surface area contributed by atoms with Crippen molar-refractivity contribution in [2.45, 2.75) is 39.5 Å². The van der Waals surface area contributed by atoms with E-state index in [2.05, 4.69) is 15.2 Å². The predicted molar refractivity (Wildman–Crippen MR) is 123 cm³/mol. The van der Waals surface area contributed by atoms with Gasteiger partial charge in [0.2, 0.25) is 0 Å². The Kier molecular flexibility index (Phi) is 5.18. The van der Waals surface area contributed by atoms with Gasteiger partial charge >= 0.3 is 0 Å². The zero-order valence-corrected chi connectivity index (χ0v) is 18.4. The number of benzene rings is 1. The lowest BCUT2D eigenvalue weighted by Crippen LogP contribution is -2.43. The van der Waals surface area contributed by atoms with E-state index in [0.29, 0.717) is 5.57 Å². The molecule has 0 bridgehead atoms. The standard InChI is InChI=1S/C25H30N4O2/c1-16-7-6-8-19-22(16)18(24(30)27-19)15-21-17(2)23-20(26-21)9-12-29(25(23)31)14-13-28-10-4-3-5-11-28/h6-8,15,26H,3-5,9-14H2,1-2H3,(H,27,30). The molecule has 0 aliphatic carbocycles. The largest absolute Gasteiger partial charge is 0.358 e. The second-order valence-electron chi connectivity index (χ2n) is 8.97. The van der Waals surface area contributed by atoms with Gasteiger partial charge in [0.05, 0.1) is 11.1 Å². The molecule has 0 unspecified atom stereocenters. The highest BCUT2D eigenvalue weighted by atomic mass is 16.2. The number of piperidine rings is 1. The Bertz CT molecular complexity index is 1080. The Morgan fingerprint density at radius 1 is 1.00 bits per heavy atom. The van der Waals surface area contributed by atoms with E-state index in [4.69, 9.17) is 0 Å². The first-order chi connectivity index (χ1) is 15.0. The molecule has 2 N–H and O–H groups in total. The Morgan fingerprint density at radius 3 is 2.61 bits per heavy atom. The summed E-state index contributed by atoms with van der Waals surface area (Å²) in [5.74, 6) is 0.0230. The summed E-state index contributed by atoms with van der Waals surface area (Å²) < 4.78 is 0. The van der Waals surface area contributed by atoms with Gasteiger partial charge in [0.25, 0.3) is 11.8 Å². The average molecular weight is 419 g/mol. The molecule has 1 aromatic heterocycles. The van der Waals surface area contributed by atoms with Gasteiger partial charge in [-0.3, -0.25) is 9.59 Å². The van der Waals surface area contributed by atoms with Crippen molar-refractivity contribution < 1.29 is 9.59 Å². The number of anilines is 1. The van der Waals surface area contributed by atoms with Crippen LogP contribution in [0.1, 0.15) is 57.7 Å². The second-order valence-corrected chi connectivity index (χ2v) is 8.97. The number of likely N-dealkylation sites (tertiary alicyclic amines) is 1. The van der Waals surface area contributed by atoms with Crippen molar-refractivity contribution in [1.29, 1.82) is 0 Å². The van der Waals surface area contributed by atoms with Crippen LogP contribution in [0.5, 0.6) is 0 Å². The number of carbonyl (C=O) groups is 2. The number of aromatic nitrogens is 1. The normalized spacial score (nSPS) is 20.2. The van der Waals surface area contributed by atoms with E-state index in [1.54, 1.807) is 0 Å². The second kappa shape index (κ2) is 8.00. The first-order valence-electron chi connectivity index (χ1n) is 11.4. The van der Waals surface area contributed by atoms with E-state index in [1.165, 1.54) is 19.3 Å². The van der Waals surface area contributed by atoms with Gasteiger partial charge in [0.1, 0.15) is 0 Å². The Hall–Kier alpha value is -2.86. The maximum atomic E-state index is 13.3. The molecule has 0 spiro atoms. The highest BCUT2D eigenvalue weighted by Gasteiger charge is 2.31. The van der Waals surface area contributed by atoms with E-state index in [-0.39, 0.29) is 11.8 Å². The molecule has 2 aromatic rings. The molecule has 31 heavy (non-hydrogen) atoms. The Balaban J connectivity index is 1.40. The van der Waals surface area contributed by atoms with Gasteiger partial charge < -0.3 is 20.1 Å². The lowest BCUT2D eigenvalue weighted by Gasteiger charge is -2.32. The molecule has 0 radical (unpaired) electrons. The molecular weight excluding hydrogens is 388 g/mol. The lowest BCUT2D eigenvalue weighted by molar-refractivity contribution is -0.110. The van der Waals surface area contributed by atoms with Crippen molar-refractivity contribution in [1.82, 2.24) is 14.8 Å². The minimum atomic E-state index is -0.0919. The summed E-state index contributed by atoms with van der Waals surface area (Å²) in [6, 6.07) is 5.90. The fourth-order valence-electron chi connectivity index (χ4n) is 5.18. The molecule has 0 atom stereocenters. The number of carbonyl (C=O) groups excluding carboxylic acids is 2. The van der Waals surface area contributed by atoms with Crippen LogP contribution in [0.25, 0.3) is 11.6 Å². The molecule has 4 heterocycles. The summed E-state index contributed by atoms with van der Waals surface area (Å²) >= 11 is 0. The van der Waals surface area contributed by atoms with Gasteiger partial charge in [-0.05, 0) is 63.0 Å². The summed E-state index contributed by atoms with van der Waals surface area (Å²) in [5, 5.41) is 2.95. The molecular formula is C25H30N4O2. The summed E-state index contributed by atoms with van der Waals surface area (Å²) in [5.41, 5.74) is 7.11. The third-order valence-corrected chi connectivity index (χ3v) is 6.96. The highest BCUT2D eigenvalue weighted by molar-refractivity contribution is 6.35. The molecule has 3 aliphatic heterocycles. The van der Waals surface area contributed by atoms with Crippen LogP contribution in [0.2, 0.25) is 0 Å². The molecule has 0 saturated carbocycles. The number of amides is 2. The number of nitrogens with zero attached hydrogens (tertiary/aromatic N) is 2. The maximum absolute atomic E-state index is 13.3. The van der Waals surface area contributed by atoms with Crippen molar-refractivity contribution in [2.75, 3.05) is 38.0 Å². The maximum Gasteiger partial charge on any atom is 0.256 e. The fraction of sp³-hybridized carbons (Fsp3) is 0.440. The predicted octanol–water partition coefficient (Wildman–Crippen LogP) is 3.61. The third-order valence-electron chi connectivity index (χ3n) is 6.96. The number of rotatable bonds is 4. The van der Waals surface area contributed by atoms with Gasteiger partial charge in [0, 0.05) is 48.7 Å². The number of aryl methyl sites for hydroxylation is 1. The summed E-state index contributed by atoms with van der Waals surface area (Å²) in [6.45, 7) is 8.79. The van der Waals surface area contributed by atoms with Crippen molar-refractivity contribution in [3.63, 3.8) is 0 Å². The van der Waals surface area contributed by atoms with Crippen LogP contribution in [0, 0.1) is 13.8 Å². The van der Waals surface area contributed by atoms with Gasteiger partial charge in [-0.1, -0.05) is 18.6 Å². The molecule has 162 valence electrons. The molecule has 6 nitrogen and oxygen atoms in total. The Morgan fingerprint density at radius 2 is 1.81 bits per heavy atom. The smallest absolute Gasteiger partial charge is 0.256 e. The van der Waals surface area contributed by atoms with Gasteiger partial charge in [-0.25, -0.2) is 0 Å². The average Bonchev–Trinajstić information content (AvgIpc) is 3.26. The summed E-state index contributed by atoms with van der Waals surface area (Å²) in [4.78, 5) is 33.8. The van der Waals surface area contributed by atoms with Crippen LogP contribution in [0.3, 0.4) is 0 Å². The lowest BCUT2D eigenvalue weighted by atomic mass is 9.99. The summed E-state index contributed by atoms with van der Waals surface area (Å²) in [7, 11) is 0. The zero-order valence-electron chi connectivity index (χ0n) is 18.4. The molecule has 2 amide bonds. The van der Waals surface area contributed by atoms with Crippen LogP contribution in [-0.4, -0.2) is 59.3 Å². The zero-order chi connectivity index (χ0) is 21.5. The minimum absolute atomic E-state index is 0.0919. The SMILES string of the molecule is Cc1cccc2c1C(=Cc1[nH]c3c(c1C)C(=O)N(CCN1CCCCC1)CC3)C(=O)N2. The van der Waals surface area contributed by atoms with Gasteiger partial charge in [-0.15, -0.1) is 0 Å². The topological polar surface area (TPSA) is 68.4 Å². The van der Waals surface area contributed by atoms with Crippen molar-refractivity contribution in [3.05, 3.63) is 51.8 Å². The third kappa shape index (κ3) is 3.59. The number of hydrogen-bond acceptors (Lipinski definition) is 3. The van der Waals surface area contributed by atoms with Crippen LogP contribution in [0.15, 0.2) is 18.2 Å². The first-order valence-corrected chi connectivity index (χ1v) is 11.4. The van der Waals surface area contributed by atoms with Gasteiger partial charge in [0.15, 0.2) is 0 Å². The van der Waals surface area contributed by atoms with E-state index in [0.717, 1.165) is 78.5 Å². The van der Waals surface area contributed by atoms with E-state index in [1.807, 2.05) is 43.0 Å². The van der Waals surface area contributed by atoms with Crippen molar-refractivity contribution >= 4 is 29.2 Å². The highest BCUT2D eigenvalue weighted by Crippen LogP contribution is 2.36. The van der Waals surface area contributed by atoms with E-state index in [9.17, 15) is 9.59 Å². The minimum Gasteiger partial charge on any atom is -0.358 e. The monoisotopic (exact) mass is 418 g/mol. The quantitative estimate of drug-likeness (QED) is 0.746.